The van der Waals surface area contributed by atoms with Crippen molar-refractivity contribution in [2.75, 3.05) is 13.2 Å². The highest BCUT2D eigenvalue weighted by molar-refractivity contribution is 5.79. The van der Waals surface area contributed by atoms with Gasteiger partial charge in [-0.2, -0.15) is 13.2 Å². The molecule has 0 atom stereocenters. The van der Waals surface area contributed by atoms with E-state index >= 15 is 0 Å². The highest BCUT2D eigenvalue weighted by Gasteiger charge is 2.31. The van der Waals surface area contributed by atoms with Crippen molar-refractivity contribution in [2.24, 2.45) is 0 Å². The fourth-order valence-electron chi connectivity index (χ4n) is 4.12. The number of carbonyl (C=O) groups is 1. The van der Waals surface area contributed by atoms with Gasteiger partial charge in [-0.3, -0.25) is 9.36 Å². The minimum atomic E-state index is -4.35. The van der Waals surface area contributed by atoms with E-state index in [0.717, 1.165) is 40.5 Å². The molecular weight excluding hydrogens is 543 g/mol. The SMILES string of the molecule is CCCCCCCn1c(=O)c(OCCCc2cccc(OC(C)(C)C(=O)OCC)c2)nn(CCCC(F)(F)F)c1=O. The lowest BCUT2D eigenvalue weighted by Crippen LogP contribution is -2.42. The van der Waals surface area contributed by atoms with Gasteiger partial charge < -0.3 is 14.2 Å². The number of aryl methyl sites for hydroxylation is 2. The minimum absolute atomic E-state index is 0.0961. The first-order chi connectivity index (χ1) is 19.4. The number of alkyl halides is 3. The van der Waals surface area contributed by atoms with Crippen LogP contribution in [0.25, 0.3) is 0 Å². The molecule has 0 aliphatic heterocycles. The number of nitrogens with zero attached hydrogens (tertiary/aromatic N) is 3. The van der Waals surface area contributed by atoms with Crippen molar-refractivity contribution in [3.05, 3.63) is 50.7 Å². The van der Waals surface area contributed by atoms with E-state index < -0.39 is 35.4 Å². The van der Waals surface area contributed by atoms with Crippen molar-refractivity contribution in [1.29, 1.82) is 0 Å². The van der Waals surface area contributed by atoms with E-state index in [9.17, 15) is 27.6 Å². The lowest BCUT2D eigenvalue weighted by Gasteiger charge is -2.24. The molecule has 0 N–H and O–H groups in total. The number of hydrogen-bond acceptors (Lipinski definition) is 7. The fraction of sp³-hybridized carbons (Fsp3) is 0.655. The van der Waals surface area contributed by atoms with Crippen LogP contribution in [0, 0.1) is 0 Å². The van der Waals surface area contributed by atoms with E-state index in [2.05, 4.69) is 12.0 Å². The average molecular weight is 586 g/mol. The number of rotatable bonds is 18. The summed E-state index contributed by atoms with van der Waals surface area (Å²) >= 11 is 0. The summed E-state index contributed by atoms with van der Waals surface area (Å²) < 4.78 is 56.4. The molecule has 0 saturated carbocycles. The van der Waals surface area contributed by atoms with Gasteiger partial charge in [-0.25, -0.2) is 14.3 Å². The fourth-order valence-corrected chi connectivity index (χ4v) is 4.12. The van der Waals surface area contributed by atoms with Crippen molar-refractivity contribution in [2.45, 2.75) is 110 Å². The van der Waals surface area contributed by atoms with Gasteiger partial charge in [0.1, 0.15) is 5.75 Å². The van der Waals surface area contributed by atoms with Gasteiger partial charge in [0.05, 0.1) is 13.2 Å². The van der Waals surface area contributed by atoms with Crippen LogP contribution in [0.4, 0.5) is 13.2 Å². The predicted octanol–water partition coefficient (Wildman–Crippen LogP) is 5.45. The molecule has 0 radical (unpaired) electrons. The second-order valence-electron chi connectivity index (χ2n) is 10.3. The molecule has 1 heterocycles. The molecule has 0 saturated heterocycles. The van der Waals surface area contributed by atoms with Gasteiger partial charge >= 0.3 is 23.4 Å². The molecule has 0 fully saturated rings. The van der Waals surface area contributed by atoms with E-state index in [1.54, 1.807) is 39.0 Å². The Bertz CT molecular complexity index is 1220. The van der Waals surface area contributed by atoms with Crippen molar-refractivity contribution in [3.63, 3.8) is 0 Å². The summed E-state index contributed by atoms with van der Waals surface area (Å²) in [4.78, 5) is 37.9. The van der Waals surface area contributed by atoms with Crippen LogP contribution in [0.2, 0.25) is 0 Å². The van der Waals surface area contributed by atoms with Gasteiger partial charge in [-0.05, 0) is 64.2 Å². The van der Waals surface area contributed by atoms with Gasteiger partial charge in [0.15, 0.2) is 5.60 Å². The Hall–Kier alpha value is -3.31. The highest BCUT2D eigenvalue weighted by atomic mass is 19.4. The van der Waals surface area contributed by atoms with Crippen LogP contribution in [-0.4, -0.2) is 45.3 Å². The molecule has 230 valence electrons. The Labute approximate surface area is 238 Å². The number of halogens is 3. The molecule has 1 aromatic heterocycles. The first kappa shape index (κ1) is 33.9. The second kappa shape index (κ2) is 16.2. The summed E-state index contributed by atoms with van der Waals surface area (Å²) in [5.74, 6) is -0.285. The monoisotopic (exact) mass is 585 g/mol. The predicted molar refractivity (Wildman–Crippen MR) is 148 cm³/mol. The minimum Gasteiger partial charge on any atom is -0.476 e. The molecule has 0 bridgehead atoms. The number of carbonyl (C=O) groups excluding carboxylic acids is 1. The molecule has 0 aliphatic carbocycles. The zero-order valence-electron chi connectivity index (χ0n) is 24.4. The molecule has 0 spiro atoms. The molecule has 41 heavy (non-hydrogen) atoms. The third-order valence-corrected chi connectivity index (χ3v) is 6.29. The van der Waals surface area contributed by atoms with E-state index in [1.807, 2.05) is 6.07 Å². The summed E-state index contributed by atoms with van der Waals surface area (Å²) in [6.45, 7) is 7.26. The number of aromatic nitrogens is 3. The van der Waals surface area contributed by atoms with Crippen LogP contribution < -0.4 is 20.7 Å². The van der Waals surface area contributed by atoms with Crippen LogP contribution >= 0.6 is 0 Å². The maximum absolute atomic E-state index is 13.0. The van der Waals surface area contributed by atoms with Crippen molar-refractivity contribution >= 4 is 5.97 Å². The normalized spacial score (nSPS) is 11.9. The van der Waals surface area contributed by atoms with E-state index in [1.165, 1.54) is 0 Å². The van der Waals surface area contributed by atoms with E-state index in [-0.39, 0.29) is 38.6 Å². The average Bonchev–Trinajstić information content (AvgIpc) is 2.89. The summed E-state index contributed by atoms with van der Waals surface area (Å²) in [6.07, 6.45) is -0.257. The molecule has 0 amide bonds. The third kappa shape index (κ3) is 11.6. The molecular formula is C29H42F3N3O6. The van der Waals surface area contributed by atoms with Crippen molar-refractivity contribution < 1.29 is 32.2 Å². The van der Waals surface area contributed by atoms with Gasteiger partial charge in [-0.15, -0.1) is 5.10 Å². The largest absolute Gasteiger partial charge is 0.476 e. The molecule has 1 aromatic carbocycles. The van der Waals surface area contributed by atoms with Crippen LogP contribution in [0.1, 0.15) is 84.6 Å². The van der Waals surface area contributed by atoms with Gasteiger partial charge in [0.2, 0.25) is 0 Å². The zero-order valence-corrected chi connectivity index (χ0v) is 24.4. The Kier molecular flexibility index (Phi) is 13.4. The summed E-state index contributed by atoms with van der Waals surface area (Å²) in [5.41, 5.74) is -1.68. The highest BCUT2D eigenvalue weighted by Crippen LogP contribution is 2.22. The second-order valence-corrected chi connectivity index (χ2v) is 10.3. The molecule has 0 aliphatic rings. The van der Waals surface area contributed by atoms with Crippen molar-refractivity contribution in [1.82, 2.24) is 14.3 Å². The van der Waals surface area contributed by atoms with E-state index in [0.29, 0.717) is 25.0 Å². The van der Waals surface area contributed by atoms with E-state index in [4.69, 9.17) is 14.2 Å². The smallest absolute Gasteiger partial charge is 0.389 e. The molecule has 12 heteroatoms. The van der Waals surface area contributed by atoms with Crippen LogP contribution in [0.15, 0.2) is 33.9 Å². The van der Waals surface area contributed by atoms with Gasteiger partial charge in [0, 0.05) is 19.5 Å². The first-order valence-corrected chi connectivity index (χ1v) is 14.2. The lowest BCUT2D eigenvalue weighted by atomic mass is 10.1. The molecule has 2 aromatic rings. The molecule has 0 unspecified atom stereocenters. The Morgan fingerprint density at radius 3 is 2.39 bits per heavy atom. The summed E-state index contributed by atoms with van der Waals surface area (Å²) in [6, 6.07) is 7.21. The first-order valence-electron chi connectivity index (χ1n) is 14.2. The Morgan fingerprint density at radius 1 is 0.976 bits per heavy atom. The van der Waals surface area contributed by atoms with Crippen LogP contribution in [0.3, 0.4) is 0 Å². The van der Waals surface area contributed by atoms with Gasteiger partial charge in [0.25, 0.3) is 5.88 Å². The Morgan fingerprint density at radius 2 is 1.71 bits per heavy atom. The van der Waals surface area contributed by atoms with Crippen LogP contribution in [-0.2, 0) is 29.0 Å². The standard InChI is InChI=1S/C29H42F3N3O6/c1-5-7-8-9-10-18-34-25(36)24(33-35(27(34)38)19-13-17-29(30,31)32)40-20-12-15-22-14-11-16-23(21-22)41-28(3,4)26(37)39-6-2/h11,14,16,21H,5-10,12-13,15,17-20H2,1-4H3. The Balaban J connectivity index is 2.07. The number of ether oxygens (including phenoxy) is 3. The molecule has 9 nitrogen and oxygen atoms in total. The number of benzene rings is 1. The number of unbranched alkanes of at least 4 members (excludes halogenated alkanes) is 4. The number of hydrogen-bond donors (Lipinski definition) is 0. The lowest BCUT2D eigenvalue weighted by molar-refractivity contribution is -0.158. The van der Waals surface area contributed by atoms with Gasteiger partial charge in [-0.1, -0.05) is 44.7 Å². The maximum atomic E-state index is 13.0. The topological polar surface area (TPSA) is 102 Å². The quantitative estimate of drug-likeness (QED) is 0.169. The zero-order chi connectivity index (χ0) is 30.5. The summed E-state index contributed by atoms with van der Waals surface area (Å²) in [5, 5.41) is 3.96. The van der Waals surface area contributed by atoms with Crippen molar-refractivity contribution in [3.8, 4) is 11.6 Å². The number of esters is 1. The van der Waals surface area contributed by atoms with Crippen LogP contribution in [0.5, 0.6) is 11.6 Å². The maximum Gasteiger partial charge on any atom is 0.389 e. The third-order valence-electron chi connectivity index (χ3n) is 6.29. The molecule has 2 rings (SSSR count). The summed E-state index contributed by atoms with van der Waals surface area (Å²) in [7, 11) is 0.